The molecule has 1 unspecified atom stereocenters. The first kappa shape index (κ1) is 33.0. The van der Waals surface area contributed by atoms with E-state index in [-0.39, 0.29) is 43.7 Å². The van der Waals surface area contributed by atoms with E-state index in [2.05, 4.69) is 0 Å². The van der Waals surface area contributed by atoms with Crippen molar-refractivity contribution in [3.63, 3.8) is 0 Å². The number of hydrogen-bond acceptors (Lipinski definition) is 11. The Labute approximate surface area is 231 Å². The molecular formula is C28H46O11. The van der Waals surface area contributed by atoms with Crippen molar-refractivity contribution in [1.29, 1.82) is 0 Å². The van der Waals surface area contributed by atoms with Gasteiger partial charge in [0.25, 0.3) is 0 Å². The zero-order chi connectivity index (χ0) is 28.6. The Balaban J connectivity index is 2.06. The first-order chi connectivity index (χ1) is 18.8. The molecule has 2 saturated heterocycles. The smallest absolute Gasteiger partial charge is 0.306 e. The normalized spacial score (nSPS) is 26.6. The fraction of sp³-hybridized carbons (Fsp3) is 0.857. The Morgan fingerprint density at radius 3 is 1.64 bits per heavy atom. The van der Waals surface area contributed by atoms with Gasteiger partial charge < -0.3 is 33.2 Å². The standard InChI is InChI=1S/C28H46O11/c1-5-9-24(29)33-16-20-13-19(37-27(32)12-8-4)15-28(38-20)39-22-14-21(17-34-25(30)10-6-2)36-23(22)18-35-26(31)11-7-3/h19-23,28H,5-18H2,1-4H3/t19-,20-,21?,22-,23+,28-/m0/s1. The van der Waals surface area contributed by atoms with Gasteiger partial charge in [-0.05, 0) is 25.7 Å². The van der Waals surface area contributed by atoms with Gasteiger partial charge in [0, 0.05) is 44.9 Å². The highest BCUT2D eigenvalue weighted by molar-refractivity contribution is 5.70. The van der Waals surface area contributed by atoms with Crippen LogP contribution < -0.4 is 0 Å². The van der Waals surface area contributed by atoms with Crippen molar-refractivity contribution in [2.24, 2.45) is 0 Å². The van der Waals surface area contributed by atoms with E-state index >= 15 is 0 Å². The van der Waals surface area contributed by atoms with Crippen LogP contribution in [-0.2, 0) is 52.3 Å². The Bertz CT molecular complexity index is 771. The van der Waals surface area contributed by atoms with E-state index in [0.717, 1.165) is 0 Å². The molecule has 39 heavy (non-hydrogen) atoms. The fourth-order valence-corrected chi connectivity index (χ4v) is 4.44. The number of ether oxygens (including phenoxy) is 7. The number of esters is 4. The van der Waals surface area contributed by atoms with Crippen LogP contribution in [0.3, 0.4) is 0 Å². The summed E-state index contributed by atoms with van der Waals surface area (Å²) >= 11 is 0. The molecule has 0 N–H and O–H groups in total. The van der Waals surface area contributed by atoms with Gasteiger partial charge in [-0.25, -0.2) is 0 Å². The molecular weight excluding hydrogens is 512 g/mol. The Morgan fingerprint density at radius 2 is 1.10 bits per heavy atom. The molecule has 0 aliphatic carbocycles. The molecule has 0 saturated carbocycles. The second-order valence-corrected chi connectivity index (χ2v) is 10.0. The largest absolute Gasteiger partial charge is 0.463 e. The molecule has 0 bridgehead atoms. The van der Waals surface area contributed by atoms with Gasteiger partial charge in [-0.3, -0.25) is 19.2 Å². The van der Waals surface area contributed by atoms with Gasteiger partial charge in [-0.15, -0.1) is 0 Å². The summed E-state index contributed by atoms with van der Waals surface area (Å²) in [6, 6.07) is 0. The molecule has 2 aliphatic heterocycles. The second-order valence-electron chi connectivity index (χ2n) is 10.0. The van der Waals surface area contributed by atoms with Gasteiger partial charge in [0.1, 0.15) is 32.0 Å². The molecule has 2 heterocycles. The van der Waals surface area contributed by atoms with Gasteiger partial charge >= 0.3 is 23.9 Å². The van der Waals surface area contributed by atoms with E-state index in [4.69, 9.17) is 33.2 Å². The van der Waals surface area contributed by atoms with Gasteiger partial charge in [0.2, 0.25) is 0 Å². The molecule has 0 radical (unpaired) electrons. The molecule has 2 fully saturated rings. The summed E-state index contributed by atoms with van der Waals surface area (Å²) in [4.78, 5) is 47.9. The molecule has 0 aromatic carbocycles. The van der Waals surface area contributed by atoms with Crippen LogP contribution >= 0.6 is 0 Å². The molecule has 224 valence electrons. The molecule has 0 amide bonds. The van der Waals surface area contributed by atoms with Crippen LogP contribution in [-0.4, -0.2) is 80.5 Å². The zero-order valence-electron chi connectivity index (χ0n) is 23.9. The fourth-order valence-electron chi connectivity index (χ4n) is 4.44. The van der Waals surface area contributed by atoms with Crippen LogP contribution in [0.15, 0.2) is 0 Å². The van der Waals surface area contributed by atoms with E-state index in [0.29, 0.717) is 70.6 Å². The number of carbonyl (C=O) groups excluding carboxylic acids is 4. The van der Waals surface area contributed by atoms with Crippen molar-refractivity contribution < 1.29 is 52.3 Å². The van der Waals surface area contributed by atoms with E-state index in [1.807, 2.05) is 27.7 Å². The molecule has 11 heteroatoms. The zero-order valence-corrected chi connectivity index (χ0v) is 23.9. The van der Waals surface area contributed by atoms with Crippen LogP contribution in [0.5, 0.6) is 0 Å². The topological polar surface area (TPSA) is 133 Å². The molecule has 0 spiro atoms. The van der Waals surface area contributed by atoms with Crippen molar-refractivity contribution >= 4 is 23.9 Å². The summed E-state index contributed by atoms with van der Waals surface area (Å²) in [5.74, 6) is -1.25. The predicted molar refractivity (Wildman–Crippen MR) is 138 cm³/mol. The van der Waals surface area contributed by atoms with Crippen LogP contribution in [0.4, 0.5) is 0 Å². The minimum atomic E-state index is -0.767. The SMILES string of the molecule is CCCC(=O)OCC1C[C@H](O[C@H]2C[C@@H](OC(=O)CCC)C[C@@H](COC(=O)CCC)O2)[C@@H](COC(=O)CCC)O1. The maximum absolute atomic E-state index is 12.2. The van der Waals surface area contributed by atoms with Crippen LogP contribution in [0.25, 0.3) is 0 Å². The van der Waals surface area contributed by atoms with E-state index in [1.165, 1.54) is 0 Å². The third kappa shape index (κ3) is 12.7. The number of hydrogen-bond donors (Lipinski definition) is 0. The molecule has 11 nitrogen and oxygen atoms in total. The van der Waals surface area contributed by atoms with Gasteiger partial charge in [-0.2, -0.15) is 0 Å². The monoisotopic (exact) mass is 558 g/mol. The van der Waals surface area contributed by atoms with Crippen LogP contribution in [0.1, 0.15) is 98.3 Å². The molecule has 2 aliphatic rings. The Morgan fingerprint density at radius 1 is 0.615 bits per heavy atom. The minimum absolute atomic E-state index is 0.0113. The molecule has 0 aromatic rings. The maximum atomic E-state index is 12.2. The van der Waals surface area contributed by atoms with E-state index < -0.39 is 36.8 Å². The quantitative estimate of drug-likeness (QED) is 0.191. The lowest BCUT2D eigenvalue weighted by Crippen LogP contribution is -2.44. The third-order valence-corrected chi connectivity index (χ3v) is 6.31. The second kappa shape index (κ2) is 18.2. The van der Waals surface area contributed by atoms with Crippen molar-refractivity contribution in [3.05, 3.63) is 0 Å². The Hall–Kier alpha value is -2.24. The summed E-state index contributed by atoms with van der Waals surface area (Å²) in [5, 5.41) is 0. The van der Waals surface area contributed by atoms with Crippen molar-refractivity contribution in [2.75, 3.05) is 19.8 Å². The summed E-state index contributed by atoms with van der Waals surface area (Å²) in [6.07, 6.45) is 1.70. The summed E-state index contributed by atoms with van der Waals surface area (Å²) < 4.78 is 40.1. The van der Waals surface area contributed by atoms with Gasteiger partial charge in [0.15, 0.2) is 6.29 Å². The number of carbonyl (C=O) groups is 4. The van der Waals surface area contributed by atoms with Crippen molar-refractivity contribution in [1.82, 2.24) is 0 Å². The lowest BCUT2D eigenvalue weighted by Gasteiger charge is -2.36. The first-order valence-corrected chi connectivity index (χ1v) is 14.4. The summed E-state index contributed by atoms with van der Waals surface area (Å²) in [5.41, 5.74) is 0. The van der Waals surface area contributed by atoms with Crippen LogP contribution in [0, 0.1) is 0 Å². The molecule has 0 aromatic heterocycles. The molecule has 6 atom stereocenters. The summed E-state index contributed by atoms with van der Waals surface area (Å²) in [6.45, 7) is 7.65. The third-order valence-electron chi connectivity index (χ3n) is 6.31. The van der Waals surface area contributed by atoms with E-state index in [9.17, 15) is 19.2 Å². The first-order valence-electron chi connectivity index (χ1n) is 14.4. The lowest BCUT2D eigenvalue weighted by atomic mass is 10.0. The van der Waals surface area contributed by atoms with Gasteiger partial charge in [-0.1, -0.05) is 27.7 Å². The van der Waals surface area contributed by atoms with Crippen molar-refractivity contribution in [3.8, 4) is 0 Å². The Kier molecular flexibility index (Phi) is 15.4. The van der Waals surface area contributed by atoms with Crippen LogP contribution in [0.2, 0.25) is 0 Å². The highest BCUT2D eigenvalue weighted by Crippen LogP contribution is 2.30. The summed E-state index contributed by atoms with van der Waals surface area (Å²) in [7, 11) is 0. The average molecular weight is 559 g/mol. The number of rotatable bonds is 17. The van der Waals surface area contributed by atoms with Gasteiger partial charge in [0.05, 0.1) is 18.3 Å². The molecule has 2 rings (SSSR count). The lowest BCUT2D eigenvalue weighted by molar-refractivity contribution is -0.249. The van der Waals surface area contributed by atoms with E-state index in [1.54, 1.807) is 0 Å². The average Bonchev–Trinajstić information content (AvgIpc) is 3.27. The predicted octanol–water partition coefficient (Wildman–Crippen LogP) is 3.78. The van der Waals surface area contributed by atoms with Crippen molar-refractivity contribution in [2.45, 2.75) is 135 Å². The highest BCUT2D eigenvalue weighted by atomic mass is 16.7. The highest BCUT2D eigenvalue weighted by Gasteiger charge is 2.41. The maximum Gasteiger partial charge on any atom is 0.306 e. The minimum Gasteiger partial charge on any atom is -0.463 e.